The number of benzene rings is 1. The first-order valence-electron chi connectivity index (χ1n) is 3.93. The predicted octanol–water partition coefficient (Wildman–Crippen LogP) is 2.42. The lowest BCUT2D eigenvalue weighted by Gasteiger charge is -1.94. The maximum atomic E-state index is 5.31. The van der Waals surface area contributed by atoms with Crippen LogP contribution in [0.3, 0.4) is 0 Å². The molecule has 0 bridgehead atoms. The van der Waals surface area contributed by atoms with Crippen LogP contribution in [-0.4, -0.2) is 0 Å². The van der Waals surface area contributed by atoms with Gasteiger partial charge in [0.1, 0.15) is 0 Å². The van der Waals surface area contributed by atoms with Gasteiger partial charge < -0.3 is 0 Å². The summed E-state index contributed by atoms with van der Waals surface area (Å²) in [6.07, 6.45) is 6.49. The summed E-state index contributed by atoms with van der Waals surface area (Å²) in [5.74, 6) is 3.95. The molecule has 2 atom stereocenters. The highest BCUT2D eigenvalue weighted by atomic mass is 14.4. The molecule has 0 aliphatic heterocycles. The van der Waals surface area contributed by atoms with Gasteiger partial charge in [-0.25, -0.2) is 0 Å². The number of hydrogen-bond donors (Lipinski definition) is 0. The molecule has 0 heterocycles. The number of hydrogen-bond acceptors (Lipinski definition) is 0. The van der Waals surface area contributed by atoms with Gasteiger partial charge in [0, 0.05) is 5.92 Å². The van der Waals surface area contributed by atoms with Crippen LogP contribution in [0.5, 0.6) is 0 Å². The second-order valence-electron chi connectivity index (χ2n) is 3.03. The van der Waals surface area contributed by atoms with Gasteiger partial charge in [0.15, 0.2) is 0 Å². The van der Waals surface area contributed by atoms with E-state index in [4.69, 9.17) is 6.42 Å². The topological polar surface area (TPSA) is 0 Å². The van der Waals surface area contributed by atoms with Crippen molar-refractivity contribution in [3.05, 3.63) is 35.9 Å². The van der Waals surface area contributed by atoms with Crippen LogP contribution in [0.2, 0.25) is 0 Å². The molecule has 0 saturated heterocycles. The van der Waals surface area contributed by atoms with Crippen LogP contribution in [-0.2, 0) is 0 Å². The molecule has 1 saturated carbocycles. The summed E-state index contributed by atoms with van der Waals surface area (Å²) in [5, 5.41) is 0. The Hall–Kier alpha value is -1.22. The third-order valence-corrected chi connectivity index (χ3v) is 2.23. The molecule has 0 heteroatoms. The lowest BCUT2D eigenvalue weighted by molar-refractivity contribution is 1.04. The average molecular weight is 142 g/mol. The van der Waals surface area contributed by atoms with E-state index in [2.05, 4.69) is 30.2 Å². The summed E-state index contributed by atoms with van der Waals surface area (Å²) >= 11 is 0. The third kappa shape index (κ3) is 1.14. The van der Waals surface area contributed by atoms with Crippen LogP contribution in [0.25, 0.3) is 0 Å². The molecule has 0 amide bonds. The van der Waals surface area contributed by atoms with Gasteiger partial charge >= 0.3 is 0 Å². The average Bonchev–Trinajstić information content (AvgIpc) is 2.85. The Morgan fingerprint density at radius 1 is 1.27 bits per heavy atom. The van der Waals surface area contributed by atoms with Gasteiger partial charge in [0.05, 0.1) is 0 Å². The number of rotatable bonds is 1. The van der Waals surface area contributed by atoms with E-state index in [0.717, 1.165) is 0 Å². The highest BCUT2D eigenvalue weighted by Crippen LogP contribution is 2.46. The van der Waals surface area contributed by atoms with Crippen LogP contribution in [0, 0.1) is 18.3 Å². The molecular formula is C11H10. The summed E-state index contributed by atoms with van der Waals surface area (Å²) in [7, 11) is 0. The second-order valence-corrected chi connectivity index (χ2v) is 3.03. The molecule has 1 aliphatic carbocycles. The summed E-state index contributed by atoms with van der Waals surface area (Å²) in [6, 6.07) is 10.5. The molecule has 11 heavy (non-hydrogen) atoms. The van der Waals surface area contributed by atoms with Crippen molar-refractivity contribution >= 4 is 0 Å². The van der Waals surface area contributed by atoms with E-state index in [1.165, 1.54) is 12.0 Å². The molecule has 0 radical (unpaired) electrons. The third-order valence-electron chi connectivity index (χ3n) is 2.23. The smallest absolute Gasteiger partial charge is 0.0275 e. The summed E-state index contributed by atoms with van der Waals surface area (Å²) in [4.78, 5) is 0. The lowest BCUT2D eigenvalue weighted by Crippen LogP contribution is -1.78. The highest BCUT2D eigenvalue weighted by molar-refractivity contribution is 5.29. The Bertz CT molecular complexity index is 279. The standard InChI is InChI=1S/C11H10/c1-2-9-8-11(9)10-6-4-3-5-7-10/h1,3-7,9,11H,8H2/t9-,11+/m1/s1. The lowest BCUT2D eigenvalue weighted by atomic mass is 10.1. The van der Waals surface area contributed by atoms with E-state index < -0.39 is 0 Å². The van der Waals surface area contributed by atoms with E-state index in [-0.39, 0.29) is 0 Å². The fourth-order valence-corrected chi connectivity index (χ4v) is 1.45. The minimum absolute atomic E-state index is 0.511. The van der Waals surface area contributed by atoms with E-state index in [1.54, 1.807) is 0 Å². The van der Waals surface area contributed by atoms with Crippen molar-refractivity contribution in [2.24, 2.45) is 5.92 Å². The van der Waals surface area contributed by atoms with Crippen molar-refractivity contribution in [3.63, 3.8) is 0 Å². The van der Waals surface area contributed by atoms with Gasteiger partial charge in [-0.2, -0.15) is 0 Å². The van der Waals surface area contributed by atoms with Crippen LogP contribution in [0.1, 0.15) is 17.9 Å². The largest absolute Gasteiger partial charge is 0.120 e. The van der Waals surface area contributed by atoms with Crippen molar-refractivity contribution < 1.29 is 0 Å². The Kier molecular flexibility index (Phi) is 1.43. The molecule has 0 aromatic heterocycles. The fourth-order valence-electron chi connectivity index (χ4n) is 1.45. The molecule has 2 rings (SSSR count). The molecule has 1 aromatic carbocycles. The zero-order valence-corrected chi connectivity index (χ0v) is 6.33. The van der Waals surface area contributed by atoms with Gasteiger partial charge in [-0.05, 0) is 17.9 Å². The van der Waals surface area contributed by atoms with Gasteiger partial charge in [-0.3, -0.25) is 0 Å². The zero-order valence-electron chi connectivity index (χ0n) is 6.33. The van der Waals surface area contributed by atoms with Crippen molar-refractivity contribution in [2.45, 2.75) is 12.3 Å². The molecule has 0 nitrogen and oxygen atoms in total. The maximum absolute atomic E-state index is 5.31. The molecule has 54 valence electrons. The first kappa shape index (κ1) is 6.49. The molecule has 0 spiro atoms. The van der Waals surface area contributed by atoms with Crippen LogP contribution in [0.15, 0.2) is 30.3 Å². The van der Waals surface area contributed by atoms with Crippen molar-refractivity contribution in [3.8, 4) is 12.3 Å². The second kappa shape index (κ2) is 2.43. The van der Waals surface area contributed by atoms with Crippen LogP contribution < -0.4 is 0 Å². The minimum atomic E-state index is 0.511. The Morgan fingerprint density at radius 2 is 2.00 bits per heavy atom. The molecular weight excluding hydrogens is 132 g/mol. The molecule has 0 N–H and O–H groups in total. The monoisotopic (exact) mass is 142 g/mol. The first-order chi connectivity index (χ1) is 5.42. The van der Waals surface area contributed by atoms with Crippen molar-refractivity contribution in [1.82, 2.24) is 0 Å². The number of terminal acetylenes is 1. The first-order valence-corrected chi connectivity index (χ1v) is 3.93. The summed E-state index contributed by atoms with van der Waals surface area (Å²) in [6.45, 7) is 0. The van der Waals surface area contributed by atoms with Gasteiger partial charge in [-0.15, -0.1) is 12.3 Å². The quantitative estimate of drug-likeness (QED) is 0.528. The van der Waals surface area contributed by atoms with E-state index in [9.17, 15) is 0 Å². The van der Waals surface area contributed by atoms with Crippen LogP contribution >= 0.6 is 0 Å². The SMILES string of the molecule is C#C[C@@H]1C[C@@H]1c1ccccc1. The molecule has 0 unspecified atom stereocenters. The molecule has 1 aliphatic rings. The van der Waals surface area contributed by atoms with Crippen molar-refractivity contribution in [2.75, 3.05) is 0 Å². The van der Waals surface area contributed by atoms with Crippen LogP contribution in [0.4, 0.5) is 0 Å². The Morgan fingerprint density at radius 3 is 2.55 bits per heavy atom. The van der Waals surface area contributed by atoms with E-state index in [1.807, 2.05) is 6.07 Å². The highest BCUT2D eigenvalue weighted by Gasteiger charge is 2.36. The fraction of sp³-hybridized carbons (Fsp3) is 0.273. The minimum Gasteiger partial charge on any atom is -0.120 e. The summed E-state index contributed by atoms with van der Waals surface area (Å²) in [5.41, 5.74) is 1.40. The van der Waals surface area contributed by atoms with Gasteiger partial charge in [0.2, 0.25) is 0 Å². The van der Waals surface area contributed by atoms with Gasteiger partial charge in [0.25, 0.3) is 0 Å². The van der Waals surface area contributed by atoms with Crippen molar-refractivity contribution in [1.29, 1.82) is 0 Å². The Labute approximate surface area is 67.2 Å². The van der Waals surface area contributed by atoms with E-state index >= 15 is 0 Å². The van der Waals surface area contributed by atoms with E-state index in [0.29, 0.717) is 11.8 Å². The molecule has 1 fully saturated rings. The maximum Gasteiger partial charge on any atom is 0.0275 e. The normalized spacial score (nSPS) is 27.5. The van der Waals surface area contributed by atoms with Gasteiger partial charge in [-0.1, -0.05) is 30.3 Å². The summed E-state index contributed by atoms with van der Waals surface area (Å²) < 4.78 is 0. The predicted molar refractivity (Wildman–Crippen MR) is 46.1 cm³/mol. The Balaban J connectivity index is 2.16. The zero-order chi connectivity index (χ0) is 7.68. The molecule has 1 aromatic rings.